The minimum Gasteiger partial charge on any atom is -0.371 e. The Hall–Kier alpha value is -2.45. The van der Waals surface area contributed by atoms with Gasteiger partial charge in [-0.25, -0.2) is 4.98 Å². The predicted molar refractivity (Wildman–Crippen MR) is 140 cm³/mol. The smallest absolute Gasteiger partial charge is 0.251 e. The molecule has 1 aliphatic carbocycles. The maximum Gasteiger partial charge on any atom is 0.251 e. The van der Waals surface area contributed by atoms with E-state index in [1.165, 1.54) is 34.8 Å². The number of aromatic nitrogens is 1. The summed E-state index contributed by atoms with van der Waals surface area (Å²) in [7, 11) is 2.24. The van der Waals surface area contributed by atoms with Crippen molar-refractivity contribution >= 4 is 28.8 Å². The highest BCUT2D eigenvalue weighted by atomic mass is 32.1. The number of benzene rings is 1. The SMILES string of the molecule is CN(Cc1nc2c(s1)CCCC2)C1CCN(c2ccc(C(=O)N[C@H]3CCCCNC3=O)cc2)CC1. The number of nitrogens with zero attached hydrogens (tertiary/aromatic N) is 3. The van der Waals surface area contributed by atoms with Crippen molar-refractivity contribution in [2.75, 3.05) is 31.6 Å². The molecule has 3 heterocycles. The van der Waals surface area contributed by atoms with Gasteiger partial charge in [0.2, 0.25) is 5.91 Å². The van der Waals surface area contributed by atoms with Crippen LogP contribution >= 0.6 is 11.3 Å². The van der Waals surface area contributed by atoms with Crippen molar-refractivity contribution in [2.45, 2.75) is 76.4 Å². The number of hydrogen-bond acceptors (Lipinski definition) is 6. The summed E-state index contributed by atoms with van der Waals surface area (Å²) < 4.78 is 0. The van der Waals surface area contributed by atoms with Gasteiger partial charge in [-0.15, -0.1) is 11.3 Å². The Labute approximate surface area is 212 Å². The van der Waals surface area contributed by atoms with Crippen LogP contribution in [0.4, 0.5) is 5.69 Å². The number of amides is 2. The summed E-state index contributed by atoms with van der Waals surface area (Å²) in [5.41, 5.74) is 3.11. The van der Waals surface area contributed by atoms with Gasteiger partial charge in [-0.3, -0.25) is 14.5 Å². The van der Waals surface area contributed by atoms with Gasteiger partial charge in [0.1, 0.15) is 11.0 Å². The molecule has 2 fully saturated rings. The molecule has 2 saturated heterocycles. The van der Waals surface area contributed by atoms with Gasteiger partial charge in [0.05, 0.1) is 12.2 Å². The summed E-state index contributed by atoms with van der Waals surface area (Å²) in [6, 6.07) is 7.96. The number of carbonyl (C=O) groups is 2. The second kappa shape index (κ2) is 11.1. The zero-order valence-electron chi connectivity index (χ0n) is 20.7. The van der Waals surface area contributed by atoms with Gasteiger partial charge in [0.15, 0.2) is 0 Å². The standard InChI is InChI=1S/C27H37N5O2S/c1-31(18-25-29-22-6-2-3-8-24(22)35-25)20-13-16-32(17-14-20)21-11-9-19(10-12-21)26(33)30-23-7-4-5-15-28-27(23)34/h9-12,20,23H,2-8,13-18H2,1H3,(H,28,34)(H,30,33)/t23-/m0/s1. The summed E-state index contributed by atoms with van der Waals surface area (Å²) in [4.78, 5) is 36.1. The molecule has 2 N–H and O–H groups in total. The van der Waals surface area contributed by atoms with Gasteiger partial charge < -0.3 is 15.5 Å². The highest BCUT2D eigenvalue weighted by Gasteiger charge is 2.25. The molecular formula is C27H37N5O2S. The number of rotatable bonds is 6. The van der Waals surface area contributed by atoms with E-state index in [4.69, 9.17) is 4.98 Å². The fraction of sp³-hybridized carbons (Fsp3) is 0.593. The molecule has 1 aromatic carbocycles. The Balaban J connectivity index is 1.11. The molecule has 5 rings (SSSR count). The van der Waals surface area contributed by atoms with Crippen LogP contribution in [0.2, 0.25) is 0 Å². The van der Waals surface area contributed by atoms with E-state index in [0.29, 0.717) is 24.6 Å². The number of anilines is 1. The van der Waals surface area contributed by atoms with Gasteiger partial charge in [0.25, 0.3) is 5.91 Å². The predicted octanol–water partition coefficient (Wildman–Crippen LogP) is 3.52. The number of thiazole rings is 1. The van der Waals surface area contributed by atoms with Crippen LogP contribution in [0.25, 0.3) is 0 Å². The second-order valence-corrected chi connectivity index (χ2v) is 11.3. The van der Waals surface area contributed by atoms with Crippen molar-refractivity contribution in [1.82, 2.24) is 20.5 Å². The summed E-state index contributed by atoms with van der Waals surface area (Å²) in [5.74, 6) is -0.252. The molecule has 0 bridgehead atoms. The highest BCUT2D eigenvalue weighted by molar-refractivity contribution is 7.11. The normalized spacial score (nSPS) is 21.4. The molecule has 0 saturated carbocycles. The molecule has 188 valence electrons. The first-order chi connectivity index (χ1) is 17.1. The third kappa shape index (κ3) is 5.86. The lowest BCUT2D eigenvalue weighted by atomic mass is 10.0. The Morgan fingerprint density at radius 2 is 1.89 bits per heavy atom. The molecule has 0 radical (unpaired) electrons. The van der Waals surface area contributed by atoms with E-state index in [9.17, 15) is 9.59 Å². The molecule has 2 amide bonds. The number of hydrogen-bond donors (Lipinski definition) is 2. The molecule has 2 aliphatic heterocycles. The van der Waals surface area contributed by atoms with E-state index >= 15 is 0 Å². The first kappa shape index (κ1) is 24.3. The van der Waals surface area contributed by atoms with Crippen LogP contribution in [0.5, 0.6) is 0 Å². The molecule has 35 heavy (non-hydrogen) atoms. The fourth-order valence-electron chi connectivity index (χ4n) is 5.52. The average molecular weight is 496 g/mol. The van der Waals surface area contributed by atoms with Crippen LogP contribution in [0, 0.1) is 0 Å². The second-order valence-electron chi connectivity index (χ2n) is 10.2. The number of aryl methyl sites for hydroxylation is 2. The quantitative estimate of drug-likeness (QED) is 0.641. The van der Waals surface area contributed by atoms with Crippen molar-refractivity contribution in [3.63, 3.8) is 0 Å². The van der Waals surface area contributed by atoms with Crippen molar-refractivity contribution in [3.8, 4) is 0 Å². The molecule has 1 atom stereocenters. The Kier molecular flexibility index (Phi) is 7.68. The van der Waals surface area contributed by atoms with Crippen LogP contribution in [0.15, 0.2) is 24.3 Å². The van der Waals surface area contributed by atoms with E-state index in [-0.39, 0.29) is 11.8 Å². The Bertz CT molecular complexity index is 1010. The van der Waals surface area contributed by atoms with Crippen LogP contribution in [-0.2, 0) is 24.2 Å². The maximum absolute atomic E-state index is 12.7. The first-order valence-corrected chi connectivity index (χ1v) is 14.0. The number of piperidine rings is 1. The molecule has 1 aromatic heterocycles. The van der Waals surface area contributed by atoms with Gasteiger partial charge >= 0.3 is 0 Å². The Morgan fingerprint density at radius 1 is 1.11 bits per heavy atom. The van der Waals surface area contributed by atoms with E-state index in [1.54, 1.807) is 0 Å². The summed E-state index contributed by atoms with van der Waals surface area (Å²) >= 11 is 1.92. The lowest BCUT2D eigenvalue weighted by molar-refractivity contribution is -0.122. The van der Waals surface area contributed by atoms with E-state index in [0.717, 1.165) is 57.4 Å². The summed E-state index contributed by atoms with van der Waals surface area (Å²) in [6.45, 7) is 3.67. The zero-order chi connectivity index (χ0) is 24.2. The lowest BCUT2D eigenvalue weighted by Crippen LogP contribution is -2.45. The van der Waals surface area contributed by atoms with Gasteiger partial charge in [-0.05, 0) is 89.1 Å². The van der Waals surface area contributed by atoms with Crippen molar-refractivity contribution in [1.29, 1.82) is 0 Å². The molecule has 0 unspecified atom stereocenters. The van der Waals surface area contributed by atoms with E-state index in [1.807, 2.05) is 35.6 Å². The lowest BCUT2D eigenvalue weighted by Gasteiger charge is -2.37. The number of fused-ring (bicyclic) bond motifs is 1. The summed E-state index contributed by atoms with van der Waals surface area (Å²) in [6.07, 6.45) is 9.83. The Morgan fingerprint density at radius 3 is 2.66 bits per heavy atom. The third-order valence-electron chi connectivity index (χ3n) is 7.70. The molecule has 8 heteroatoms. The van der Waals surface area contributed by atoms with E-state index < -0.39 is 6.04 Å². The van der Waals surface area contributed by atoms with Crippen LogP contribution in [0.3, 0.4) is 0 Å². The van der Waals surface area contributed by atoms with E-state index in [2.05, 4.69) is 27.5 Å². The molecule has 2 aromatic rings. The third-order valence-corrected chi connectivity index (χ3v) is 8.84. The minimum atomic E-state index is -0.435. The topological polar surface area (TPSA) is 77.6 Å². The monoisotopic (exact) mass is 495 g/mol. The highest BCUT2D eigenvalue weighted by Crippen LogP contribution is 2.29. The van der Waals surface area contributed by atoms with Crippen LogP contribution in [0.1, 0.15) is 70.9 Å². The van der Waals surface area contributed by atoms with Crippen LogP contribution in [-0.4, -0.2) is 60.5 Å². The fourth-order valence-corrected chi connectivity index (χ4v) is 6.74. The van der Waals surface area contributed by atoms with Gasteiger partial charge in [-0.2, -0.15) is 0 Å². The molecule has 0 spiro atoms. The van der Waals surface area contributed by atoms with Crippen molar-refractivity contribution in [3.05, 3.63) is 45.4 Å². The average Bonchev–Trinajstić information content (AvgIpc) is 3.19. The largest absolute Gasteiger partial charge is 0.371 e. The van der Waals surface area contributed by atoms with Gasteiger partial charge in [-0.1, -0.05) is 0 Å². The van der Waals surface area contributed by atoms with Gasteiger partial charge in [0, 0.05) is 41.8 Å². The maximum atomic E-state index is 12.7. The summed E-state index contributed by atoms with van der Waals surface area (Å²) in [5, 5.41) is 7.05. The minimum absolute atomic E-state index is 0.0743. The van der Waals surface area contributed by atoms with Crippen molar-refractivity contribution in [2.24, 2.45) is 0 Å². The number of carbonyl (C=O) groups excluding carboxylic acids is 2. The van der Waals surface area contributed by atoms with Crippen molar-refractivity contribution < 1.29 is 9.59 Å². The van der Waals surface area contributed by atoms with Crippen LogP contribution < -0.4 is 15.5 Å². The molecule has 7 nitrogen and oxygen atoms in total. The first-order valence-electron chi connectivity index (χ1n) is 13.2. The zero-order valence-corrected chi connectivity index (χ0v) is 21.5. The number of nitrogens with one attached hydrogen (secondary N) is 2. The molecular weight excluding hydrogens is 458 g/mol. The molecule has 3 aliphatic rings.